The topological polar surface area (TPSA) is 35.5 Å². The number of aliphatic hydroxyl groups is 1. The zero-order chi connectivity index (χ0) is 16.9. The molecule has 0 aliphatic heterocycles. The fraction of sp³-hybridized carbons (Fsp3) is 0.625. The summed E-state index contributed by atoms with van der Waals surface area (Å²) in [6.45, 7) is 4.71. The molecule has 2 atom stereocenters. The maximum Gasteiger partial charge on any atom is 0.416 e. The highest BCUT2D eigenvalue weighted by atomic mass is 19.4. The quantitative estimate of drug-likeness (QED) is 0.811. The predicted octanol–water partition coefficient (Wildman–Crippen LogP) is 2.91. The first kappa shape index (κ1) is 18.9. The number of aliphatic hydroxyl groups excluding tert-OH is 1. The average Bonchev–Trinajstić information content (AvgIpc) is 2.37. The molecule has 0 saturated heterocycles. The van der Waals surface area contributed by atoms with Crippen LogP contribution in [0.15, 0.2) is 24.3 Å². The summed E-state index contributed by atoms with van der Waals surface area (Å²) in [4.78, 5) is 1.86. The fourth-order valence-electron chi connectivity index (χ4n) is 2.40. The minimum Gasteiger partial charge on any atom is -0.390 e. The van der Waals surface area contributed by atoms with E-state index < -0.39 is 17.8 Å². The van der Waals surface area contributed by atoms with Gasteiger partial charge in [-0.15, -0.1) is 0 Å². The molecular formula is C16H25F3N2O. The molecule has 0 spiro atoms. The van der Waals surface area contributed by atoms with E-state index in [4.69, 9.17) is 0 Å². The SMILES string of the molecule is CC(C)C(NCC(O)CN(C)C)c1cccc(C(F)(F)F)c1. The van der Waals surface area contributed by atoms with Crippen molar-refractivity contribution in [3.05, 3.63) is 35.4 Å². The van der Waals surface area contributed by atoms with Crippen LogP contribution in [0.4, 0.5) is 13.2 Å². The van der Waals surface area contributed by atoms with Gasteiger partial charge in [0.1, 0.15) is 0 Å². The van der Waals surface area contributed by atoms with Gasteiger partial charge in [0.2, 0.25) is 0 Å². The van der Waals surface area contributed by atoms with Crippen LogP contribution >= 0.6 is 0 Å². The van der Waals surface area contributed by atoms with Crippen molar-refractivity contribution in [2.75, 3.05) is 27.2 Å². The van der Waals surface area contributed by atoms with E-state index in [2.05, 4.69) is 5.32 Å². The van der Waals surface area contributed by atoms with Crippen LogP contribution in [0.5, 0.6) is 0 Å². The van der Waals surface area contributed by atoms with Crippen molar-refractivity contribution < 1.29 is 18.3 Å². The molecule has 0 aliphatic rings. The minimum atomic E-state index is -4.35. The number of hydrogen-bond acceptors (Lipinski definition) is 3. The fourth-order valence-corrected chi connectivity index (χ4v) is 2.40. The molecule has 0 fully saturated rings. The maximum absolute atomic E-state index is 12.8. The van der Waals surface area contributed by atoms with Gasteiger partial charge < -0.3 is 15.3 Å². The highest BCUT2D eigenvalue weighted by Crippen LogP contribution is 2.32. The molecule has 22 heavy (non-hydrogen) atoms. The van der Waals surface area contributed by atoms with Gasteiger partial charge in [0.05, 0.1) is 11.7 Å². The second kappa shape index (κ2) is 7.94. The lowest BCUT2D eigenvalue weighted by molar-refractivity contribution is -0.137. The van der Waals surface area contributed by atoms with Crippen LogP contribution in [0.25, 0.3) is 0 Å². The van der Waals surface area contributed by atoms with Crippen LogP contribution in [-0.2, 0) is 6.18 Å². The Kier molecular flexibility index (Phi) is 6.84. The Labute approximate surface area is 130 Å². The summed E-state index contributed by atoms with van der Waals surface area (Å²) < 4.78 is 38.5. The first-order valence-electron chi connectivity index (χ1n) is 7.34. The van der Waals surface area contributed by atoms with E-state index in [9.17, 15) is 18.3 Å². The lowest BCUT2D eigenvalue weighted by Gasteiger charge is -2.26. The summed E-state index contributed by atoms with van der Waals surface area (Å²) >= 11 is 0. The van der Waals surface area contributed by atoms with Crippen molar-refractivity contribution in [1.29, 1.82) is 0 Å². The van der Waals surface area contributed by atoms with Gasteiger partial charge in [-0.3, -0.25) is 0 Å². The summed E-state index contributed by atoms with van der Waals surface area (Å²) in [5, 5.41) is 13.1. The summed E-state index contributed by atoms with van der Waals surface area (Å²) in [6.07, 6.45) is -4.91. The highest BCUT2D eigenvalue weighted by molar-refractivity contribution is 5.28. The van der Waals surface area contributed by atoms with E-state index >= 15 is 0 Å². The molecular weight excluding hydrogens is 293 g/mol. The molecule has 126 valence electrons. The van der Waals surface area contributed by atoms with E-state index in [1.54, 1.807) is 6.07 Å². The van der Waals surface area contributed by atoms with Gasteiger partial charge in [-0.2, -0.15) is 13.2 Å². The number of likely N-dealkylation sites (N-methyl/N-ethyl adjacent to an activating group) is 1. The zero-order valence-electron chi connectivity index (χ0n) is 13.5. The number of nitrogens with one attached hydrogen (secondary N) is 1. The van der Waals surface area contributed by atoms with Crippen LogP contribution in [0.3, 0.4) is 0 Å². The van der Waals surface area contributed by atoms with E-state index in [0.29, 0.717) is 18.7 Å². The van der Waals surface area contributed by atoms with Crippen molar-refractivity contribution in [1.82, 2.24) is 10.2 Å². The van der Waals surface area contributed by atoms with Crippen LogP contribution in [0.1, 0.15) is 31.0 Å². The smallest absolute Gasteiger partial charge is 0.390 e. The molecule has 0 heterocycles. The van der Waals surface area contributed by atoms with Gasteiger partial charge in [0.25, 0.3) is 0 Å². The first-order chi connectivity index (χ1) is 10.1. The van der Waals surface area contributed by atoms with Crippen molar-refractivity contribution in [2.24, 2.45) is 5.92 Å². The van der Waals surface area contributed by atoms with Crippen LogP contribution < -0.4 is 5.32 Å². The summed E-state index contributed by atoms with van der Waals surface area (Å²) in [5.74, 6) is 0.107. The molecule has 0 saturated carbocycles. The van der Waals surface area contributed by atoms with E-state index in [1.165, 1.54) is 12.1 Å². The Morgan fingerprint density at radius 3 is 2.36 bits per heavy atom. The van der Waals surface area contributed by atoms with Crippen molar-refractivity contribution in [3.63, 3.8) is 0 Å². The average molecular weight is 318 g/mol. The van der Waals surface area contributed by atoms with E-state index in [-0.39, 0.29) is 12.0 Å². The zero-order valence-corrected chi connectivity index (χ0v) is 13.5. The molecule has 0 aliphatic carbocycles. The largest absolute Gasteiger partial charge is 0.416 e. The normalized spacial score (nSPS) is 15.4. The first-order valence-corrected chi connectivity index (χ1v) is 7.34. The Hall–Kier alpha value is -1.11. The minimum absolute atomic E-state index is 0.107. The molecule has 3 nitrogen and oxygen atoms in total. The number of halogens is 3. The van der Waals surface area contributed by atoms with Crippen LogP contribution in [0.2, 0.25) is 0 Å². The Balaban J connectivity index is 2.83. The molecule has 1 rings (SSSR count). The van der Waals surface area contributed by atoms with Crippen molar-refractivity contribution in [3.8, 4) is 0 Å². The number of benzene rings is 1. The monoisotopic (exact) mass is 318 g/mol. The molecule has 6 heteroatoms. The number of alkyl halides is 3. The van der Waals surface area contributed by atoms with Crippen LogP contribution in [-0.4, -0.2) is 43.3 Å². The van der Waals surface area contributed by atoms with Gasteiger partial charge in [-0.25, -0.2) is 0 Å². The second-order valence-corrected chi connectivity index (χ2v) is 6.17. The highest BCUT2D eigenvalue weighted by Gasteiger charge is 2.31. The van der Waals surface area contributed by atoms with Gasteiger partial charge in [0.15, 0.2) is 0 Å². The summed E-state index contributed by atoms with van der Waals surface area (Å²) in [6, 6.07) is 5.12. The predicted molar refractivity (Wildman–Crippen MR) is 81.6 cm³/mol. The lowest BCUT2D eigenvalue weighted by Crippen LogP contribution is -2.38. The third-order valence-electron chi connectivity index (χ3n) is 3.39. The molecule has 2 unspecified atom stereocenters. The van der Waals surface area contributed by atoms with E-state index in [1.807, 2.05) is 32.8 Å². The molecule has 0 bridgehead atoms. The van der Waals surface area contributed by atoms with Crippen molar-refractivity contribution in [2.45, 2.75) is 32.2 Å². The van der Waals surface area contributed by atoms with Crippen LogP contribution in [0, 0.1) is 5.92 Å². The number of hydrogen-bond donors (Lipinski definition) is 2. The lowest BCUT2D eigenvalue weighted by atomic mass is 9.94. The molecule has 0 radical (unpaired) electrons. The maximum atomic E-state index is 12.8. The third-order valence-corrected chi connectivity index (χ3v) is 3.39. The summed E-state index contributed by atoms with van der Waals surface area (Å²) in [5.41, 5.74) is -0.0619. The molecule has 0 amide bonds. The molecule has 0 aromatic heterocycles. The Morgan fingerprint density at radius 1 is 1.23 bits per heavy atom. The second-order valence-electron chi connectivity index (χ2n) is 6.17. The number of rotatable bonds is 7. The summed E-state index contributed by atoms with van der Waals surface area (Å²) in [7, 11) is 3.71. The standard InChI is InChI=1S/C16H25F3N2O/c1-11(2)15(20-9-14(22)10-21(3)4)12-6-5-7-13(8-12)16(17,18)19/h5-8,11,14-15,20,22H,9-10H2,1-4H3. The van der Waals surface area contributed by atoms with E-state index in [0.717, 1.165) is 6.07 Å². The molecule has 2 N–H and O–H groups in total. The molecule has 1 aromatic rings. The molecule has 1 aromatic carbocycles. The Bertz CT molecular complexity index is 461. The number of nitrogens with zero attached hydrogens (tertiary/aromatic N) is 1. The van der Waals surface area contributed by atoms with Crippen molar-refractivity contribution >= 4 is 0 Å². The van der Waals surface area contributed by atoms with Gasteiger partial charge in [-0.05, 0) is 37.7 Å². The third kappa shape index (κ3) is 5.94. The van der Waals surface area contributed by atoms with Gasteiger partial charge >= 0.3 is 6.18 Å². The van der Waals surface area contributed by atoms with Gasteiger partial charge in [0, 0.05) is 19.1 Å². The van der Waals surface area contributed by atoms with Gasteiger partial charge in [-0.1, -0.05) is 26.0 Å². The Morgan fingerprint density at radius 2 is 1.86 bits per heavy atom.